The molecule has 3 N–H and O–H groups in total. The van der Waals surface area contributed by atoms with Gasteiger partial charge < -0.3 is 20.3 Å². The lowest BCUT2D eigenvalue weighted by molar-refractivity contribution is -0.118. The number of Topliss-reactive ketones (excluding diaryl/α,β-unsaturated/α-hetero) is 1. The van der Waals surface area contributed by atoms with Gasteiger partial charge in [0.2, 0.25) is 0 Å². The Morgan fingerprint density at radius 1 is 1.12 bits per heavy atom. The lowest BCUT2D eigenvalue weighted by Gasteiger charge is -2.26. The minimum absolute atomic E-state index is 0.0288. The number of aryl methyl sites for hydroxylation is 1. The second-order valence-corrected chi connectivity index (χ2v) is 8.50. The Labute approximate surface area is 191 Å². The molecular weight excluding hydrogens is 432 g/mol. The molecule has 3 rings (SSSR count). The lowest BCUT2D eigenvalue weighted by Crippen LogP contribution is -2.42. The van der Waals surface area contributed by atoms with Gasteiger partial charge in [0.1, 0.15) is 12.5 Å². The summed E-state index contributed by atoms with van der Waals surface area (Å²) in [6.07, 6.45) is 1.82. The number of halogens is 2. The zero-order valence-electron chi connectivity index (χ0n) is 19.0. The topological polar surface area (TPSA) is 100 Å². The fourth-order valence-electron chi connectivity index (χ4n) is 4.38. The van der Waals surface area contributed by atoms with E-state index in [0.717, 1.165) is 0 Å². The summed E-state index contributed by atoms with van der Waals surface area (Å²) < 4.78 is 28.2. The number of carbonyl (C=O) groups excluding carboxylic acids is 3. The third-order valence-electron chi connectivity index (χ3n) is 6.17. The van der Waals surface area contributed by atoms with Gasteiger partial charge in [-0.15, -0.1) is 0 Å². The highest BCUT2D eigenvalue weighted by Crippen LogP contribution is 2.25. The van der Waals surface area contributed by atoms with Crippen molar-refractivity contribution < 1.29 is 28.3 Å². The van der Waals surface area contributed by atoms with Crippen LogP contribution in [0.1, 0.15) is 63.4 Å². The molecule has 0 bridgehead atoms. The first-order valence-electron chi connectivity index (χ1n) is 11.0. The van der Waals surface area contributed by atoms with Crippen molar-refractivity contribution in [1.82, 2.24) is 9.88 Å². The van der Waals surface area contributed by atoms with E-state index in [0.29, 0.717) is 42.6 Å². The van der Waals surface area contributed by atoms with Gasteiger partial charge in [0.25, 0.3) is 17.6 Å². The average molecular weight is 462 g/mol. The SMILES string of the molecule is Cc1cc(NC(=O)c2c(C)c(C(=O)C(=O)N[C@H]3CC[C@@H](O)CC3)n(CCF)c2C)ccc1F. The van der Waals surface area contributed by atoms with E-state index >= 15 is 0 Å². The maximum absolute atomic E-state index is 13.5. The molecule has 1 heterocycles. The molecule has 7 nitrogen and oxygen atoms in total. The van der Waals surface area contributed by atoms with Crippen molar-refractivity contribution in [3.63, 3.8) is 0 Å². The normalized spacial score (nSPS) is 18.1. The lowest BCUT2D eigenvalue weighted by atomic mass is 9.93. The van der Waals surface area contributed by atoms with Crippen molar-refractivity contribution >= 4 is 23.3 Å². The van der Waals surface area contributed by atoms with Crippen LogP contribution in [0.5, 0.6) is 0 Å². The molecule has 1 fully saturated rings. The van der Waals surface area contributed by atoms with E-state index in [1.54, 1.807) is 20.8 Å². The van der Waals surface area contributed by atoms with Crippen LogP contribution in [-0.2, 0) is 11.3 Å². The Hall–Kier alpha value is -3.07. The molecule has 2 amide bonds. The fourth-order valence-corrected chi connectivity index (χ4v) is 4.38. The molecule has 1 aromatic heterocycles. The molecule has 178 valence electrons. The first kappa shape index (κ1) is 24.6. The second-order valence-electron chi connectivity index (χ2n) is 8.50. The number of rotatable bonds is 7. The van der Waals surface area contributed by atoms with E-state index in [1.807, 2.05) is 0 Å². The number of hydrogen-bond acceptors (Lipinski definition) is 4. The first-order chi connectivity index (χ1) is 15.6. The Morgan fingerprint density at radius 3 is 2.39 bits per heavy atom. The minimum atomic E-state index is -0.841. The van der Waals surface area contributed by atoms with Crippen LogP contribution in [0.15, 0.2) is 18.2 Å². The van der Waals surface area contributed by atoms with Gasteiger partial charge >= 0.3 is 0 Å². The quantitative estimate of drug-likeness (QED) is 0.435. The minimum Gasteiger partial charge on any atom is -0.393 e. The molecule has 0 radical (unpaired) electrons. The molecule has 33 heavy (non-hydrogen) atoms. The summed E-state index contributed by atoms with van der Waals surface area (Å²) >= 11 is 0. The van der Waals surface area contributed by atoms with Crippen LogP contribution in [0.2, 0.25) is 0 Å². The first-order valence-corrected chi connectivity index (χ1v) is 11.0. The summed E-state index contributed by atoms with van der Waals surface area (Å²) in [6, 6.07) is 3.92. The molecule has 1 aliphatic carbocycles. The smallest absolute Gasteiger partial charge is 0.294 e. The number of nitrogens with one attached hydrogen (secondary N) is 2. The van der Waals surface area contributed by atoms with Gasteiger partial charge in [0, 0.05) is 17.4 Å². The number of aliphatic hydroxyl groups excluding tert-OH is 1. The Morgan fingerprint density at radius 2 is 1.79 bits per heavy atom. The summed E-state index contributed by atoms with van der Waals surface area (Å²) in [5, 5.41) is 15.0. The highest BCUT2D eigenvalue weighted by atomic mass is 19.1. The van der Waals surface area contributed by atoms with E-state index in [9.17, 15) is 28.3 Å². The molecule has 0 saturated heterocycles. The van der Waals surface area contributed by atoms with Crippen LogP contribution < -0.4 is 10.6 Å². The largest absolute Gasteiger partial charge is 0.393 e. The Balaban J connectivity index is 1.87. The summed E-state index contributed by atoms with van der Waals surface area (Å²) in [5.41, 5.74) is 1.51. The van der Waals surface area contributed by atoms with E-state index in [-0.39, 0.29) is 29.4 Å². The Bertz CT molecular complexity index is 1070. The van der Waals surface area contributed by atoms with Crippen molar-refractivity contribution in [1.29, 1.82) is 0 Å². The van der Waals surface area contributed by atoms with Gasteiger partial charge in [-0.05, 0) is 75.8 Å². The van der Waals surface area contributed by atoms with Crippen molar-refractivity contribution in [3.8, 4) is 0 Å². The highest BCUT2D eigenvalue weighted by molar-refractivity contribution is 6.43. The van der Waals surface area contributed by atoms with Gasteiger partial charge in [0.05, 0.1) is 23.9 Å². The number of ketones is 1. The van der Waals surface area contributed by atoms with Crippen molar-refractivity contribution in [2.45, 2.75) is 65.1 Å². The molecule has 1 saturated carbocycles. The Kier molecular flexibility index (Phi) is 7.63. The maximum Gasteiger partial charge on any atom is 0.294 e. The van der Waals surface area contributed by atoms with Crippen molar-refractivity contribution in [3.05, 3.63) is 52.1 Å². The number of benzene rings is 1. The number of alkyl halides is 1. The van der Waals surface area contributed by atoms with Crippen molar-refractivity contribution in [2.24, 2.45) is 0 Å². The predicted octanol–water partition coefficient (Wildman–Crippen LogP) is 3.38. The number of amides is 2. The summed E-state index contributed by atoms with van der Waals surface area (Å²) in [4.78, 5) is 38.8. The average Bonchev–Trinajstić information content (AvgIpc) is 3.01. The van der Waals surface area contributed by atoms with Gasteiger partial charge in [-0.1, -0.05) is 0 Å². The molecular formula is C24H29F2N3O4. The van der Waals surface area contributed by atoms with Crippen LogP contribution >= 0.6 is 0 Å². The van der Waals surface area contributed by atoms with E-state index < -0.39 is 36.2 Å². The van der Waals surface area contributed by atoms with Gasteiger partial charge in [-0.2, -0.15) is 0 Å². The second kappa shape index (κ2) is 10.2. The molecule has 0 aliphatic heterocycles. The molecule has 2 aromatic rings. The van der Waals surface area contributed by atoms with Crippen LogP contribution in [0.25, 0.3) is 0 Å². The standard InChI is InChI=1S/C24H29F2N3O4/c1-13-12-17(6-9-19(13)26)28-23(32)20-14(2)21(29(11-10-25)15(20)3)22(31)24(33)27-16-4-7-18(30)8-5-16/h6,9,12,16,18,30H,4-5,7-8,10-11H2,1-3H3,(H,27,33)(H,28,32)/t16-,18+. The summed E-state index contributed by atoms with van der Waals surface area (Å²) in [7, 11) is 0. The number of aliphatic hydroxyl groups is 1. The predicted molar refractivity (Wildman–Crippen MR) is 120 cm³/mol. The highest BCUT2D eigenvalue weighted by Gasteiger charge is 2.31. The van der Waals surface area contributed by atoms with Crippen LogP contribution in [0.3, 0.4) is 0 Å². The molecule has 9 heteroatoms. The summed E-state index contributed by atoms with van der Waals surface area (Å²) in [5.74, 6) is -2.60. The maximum atomic E-state index is 13.5. The van der Waals surface area contributed by atoms with Crippen LogP contribution in [0, 0.1) is 26.6 Å². The zero-order valence-corrected chi connectivity index (χ0v) is 19.0. The summed E-state index contributed by atoms with van der Waals surface area (Å²) in [6.45, 7) is 3.74. The van der Waals surface area contributed by atoms with Crippen LogP contribution in [0.4, 0.5) is 14.5 Å². The number of hydrogen-bond donors (Lipinski definition) is 3. The van der Waals surface area contributed by atoms with Crippen LogP contribution in [-0.4, -0.2) is 46.1 Å². The monoisotopic (exact) mass is 461 g/mol. The number of carbonyl (C=O) groups is 3. The third kappa shape index (κ3) is 5.30. The molecule has 1 aromatic carbocycles. The number of aromatic nitrogens is 1. The third-order valence-corrected chi connectivity index (χ3v) is 6.17. The van der Waals surface area contributed by atoms with Gasteiger partial charge in [-0.25, -0.2) is 8.78 Å². The number of nitrogens with zero attached hydrogens (tertiary/aromatic N) is 1. The number of anilines is 1. The van der Waals surface area contributed by atoms with Gasteiger partial charge in [-0.3, -0.25) is 14.4 Å². The molecule has 0 atom stereocenters. The molecule has 0 unspecified atom stereocenters. The van der Waals surface area contributed by atoms with E-state index in [4.69, 9.17) is 0 Å². The van der Waals surface area contributed by atoms with Crippen molar-refractivity contribution in [2.75, 3.05) is 12.0 Å². The fraction of sp³-hybridized carbons (Fsp3) is 0.458. The van der Waals surface area contributed by atoms with E-state index in [2.05, 4.69) is 10.6 Å². The van der Waals surface area contributed by atoms with E-state index in [1.165, 1.54) is 22.8 Å². The van der Waals surface area contributed by atoms with Gasteiger partial charge in [0.15, 0.2) is 0 Å². The zero-order chi connectivity index (χ0) is 24.3. The molecule has 0 spiro atoms. The molecule has 1 aliphatic rings.